The number of aromatic nitrogens is 2. The number of nitrogens with zero attached hydrogens (tertiary/aromatic N) is 3. The fraction of sp³-hybridized carbons (Fsp3) is 0.412. The standard InChI is InChI=1S/C17H23N5O/c1-23-13-15-12-16(22-10-5-8-18-9-11-22)21-17(20-15)19-14-6-3-2-4-7-14/h2-4,6-7,12,18H,5,8-11,13H2,1H3,(H,19,20,21). The Morgan fingerprint density at radius 2 is 2.04 bits per heavy atom. The number of nitrogens with one attached hydrogen (secondary N) is 2. The van der Waals surface area contributed by atoms with Crippen LogP contribution >= 0.6 is 0 Å². The van der Waals surface area contributed by atoms with E-state index in [2.05, 4.69) is 20.5 Å². The minimum atomic E-state index is 0.477. The third-order valence-corrected chi connectivity index (χ3v) is 3.75. The molecule has 1 aliphatic rings. The number of ether oxygens (including phenoxy) is 1. The lowest BCUT2D eigenvalue weighted by atomic mass is 10.3. The number of hydrogen-bond donors (Lipinski definition) is 2. The van der Waals surface area contributed by atoms with Crippen molar-refractivity contribution in [1.29, 1.82) is 0 Å². The first-order chi connectivity index (χ1) is 11.3. The molecule has 1 saturated heterocycles. The minimum absolute atomic E-state index is 0.477. The van der Waals surface area contributed by atoms with E-state index in [1.807, 2.05) is 36.4 Å². The Morgan fingerprint density at radius 1 is 1.17 bits per heavy atom. The van der Waals surface area contributed by atoms with Crippen LogP contribution in [0, 0.1) is 0 Å². The normalized spacial score (nSPS) is 15.3. The van der Waals surface area contributed by atoms with Crippen molar-refractivity contribution in [3.05, 3.63) is 42.1 Å². The molecule has 1 aromatic heterocycles. The summed E-state index contributed by atoms with van der Waals surface area (Å²) in [5, 5.41) is 6.69. The Bertz CT molecular complexity index is 612. The summed E-state index contributed by atoms with van der Waals surface area (Å²) in [5.41, 5.74) is 1.86. The van der Waals surface area contributed by atoms with Crippen LogP contribution in [0.5, 0.6) is 0 Å². The first-order valence-corrected chi connectivity index (χ1v) is 8.00. The molecular weight excluding hydrogens is 290 g/mol. The molecule has 3 rings (SSSR count). The van der Waals surface area contributed by atoms with Crippen LogP contribution in [0.1, 0.15) is 12.1 Å². The highest BCUT2D eigenvalue weighted by molar-refractivity contribution is 5.55. The second-order valence-corrected chi connectivity index (χ2v) is 5.56. The Kier molecular flexibility index (Phi) is 5.39. The summed E-state index contributed by atoms with van der Waals surface area (Å²) in [7, 11) is 1.68. The van der Waals surface area contributed by atoms with Gasteiger partial charge < -0.3 is 20.3 Å². The van der Waals surface area contributed by atoms with Gasteiger partial charge in [0.15, 0.2) is 0 Å². The number of rotatable bonds is 5. The predicted octanol–water partition coefficient (Wildman–Crippen LogP) is 2.17. The molecule has 2 N–H and O–H groups in total. The summed E-state index contributed by atoms with van der Waals surface area (Å²) in [6.45, 7) is 4.47. The van der Waals surface area contributed by atoms with Crippen molar-refractivity contribution in [3.63, 3.8) is 0 Å². The van der Waals surface area contributed by atoms with Gasteiger partial charge in [0.05, 0.1) is 12.3 Å². The van der Waals surface area contributed by atoms with Gasteiger partial charge in [-0.05, 0) is 25.1 Å². The molecule has 1 aliphatic heterocycles. The maximum Gasteiger partial charge on any atom is 0.229 e. The molecule has 122 valence electrons. The van der Waals surface area contributed by atoms with Gasteiger partial charge in [0, 0.05) is 38.5 Å². The van der Waals surface area contributed by atoms with Crippen LogP contribution in [-0.4, -0.2) is 43.3 Å². The van der Waals surface area contributed by atoms with E-state index in [4.69, 9.17) is 9.72 Å². The molecule has 1 fully saturated rings. The number of hydrogen-bond acceptors (Lipinski definition) is 6. The molecule has 2 aromatic rings. The molecule has 0 bridgehead atoms. The summed E-state index contributed by atoms with van der Waals surface area (Å²) in [6, 6.07) is 12.0. The van der Waals surface area contributed by atoms with Crippen molar-refractivity contribution in [3.8, 4) is 0 Å². The van der Waals surface area contributed by atoms with Gasteiger partial charge >= 0.3 is 0 Å². The second kappa shape index (κ2) is 7.89. The van der Waals surface area contributed by atoms with Crippen LogP contribution < -0.4 is 15.5 Å². The lowest BCUT2D eigenvalue weighted by Gasteiger charge is -2.22. The zero-order valence-corrected chi connectivity index (χ0v) is 13.5. The van der Waals surface area contributed by atoms with Gasteiger partial charge in [0.1, 0.15) is 5.82 Å². The molecule has 0 aliphatic carbocycles. The van der Waals surface area contributed by atoms with Crippen LogP contribution in [0.15, 0.2) is 36.4 Å². The molecular formula is C17H23N5O. The molecule has 6 heteroatoms. The molecule has 0 amide bonds. The van der Waals surface area contributed by atoms with Crippen LogP contribution in [0.2, 0.25) is 0 Å². The molecule has 1 aromatic carbocycles. The average Bonchev–Trinajstić information content (AvgIpc) is 2.85. The maximum atomic E-state index is 5.25. The highest BCUT2D eigenvalue weighted by Crippen LogP contribution is 2.19. The summed E-state index contributed by atoms with van der Waals surface area (Å²) in [6.07, 6.45) is 1.12. The van der Waals surface area contributed by atoms with Crippen molar-refractivity contribution < 1.29 is 4.74 Å². The van der Waals surface area contributed by atoms with E-state index < -0.39 is 0 Å². The number of benzene rings is 1. The van der Waals surface area contributed by atoms with Crippen molar-refractivity contribution in [1.82, 2.24) is 15.3 Å². The largest absolute Gasteiger partial charge is 0.378 e. The van der Waals surface area contributed by atoms with Gasteiger partial charge in [-0.3, -0.25) is 0 Å². The van der Waals surface area contributed by atoms with Gasteiger partial charge in [-0.2, -0.15) is 4.98 Å². The first kappa shape index (κ1) is 15.7. The van der Waals surface area contributed by atoms with Gasteiger partial charge in [-0.1, -0.05) is 18.2 Å². The van der Waals surface area contributed by atoms with E-state index in [9.17, 15) is 0 Å². The van der Waals surface area contributed by atoms with Crippen molar-refractivity contribution in [2.45, 2.75) is 13.0 Å². The van der Waals surface area contributed by atoms with Gasteiger partial charge in [0.25, 0.3) is 0 Å². The fourth-order valence-corrected chi connectivity index (χ4v) is 2.65. The molecule has 0 saturated carbocycles. The molecule has 23 heavy (non-hydrogen) atoms. The predicted molar refractivity (Wildman–Crippen MR) is 92.2 cm³/mol. The number of para-hydroxylation sites is 1. The van der Waals surface area contributed by atoms with E-state index >= 15 is 0 Å². The summed E-state index contributed by atoms with van der Waals surface area (Å²) >= 11 is 0. The molecule has 0 radical (unpaired) electrons. The lowest BCUT2D eigenvalue weighted by Crippen LogP contribution is -2.29. The molecule has 2 heterocycles. The maximum absolute atomic E-state index is 5.25. The first-order valence-electron chi connectivity index (χ1n) is 8.00. The summed E-state index contributed by atoms with van der Waals surface area (Å²) in [4.78, 5) is 11.5. The third kappa shape index (κ3) is 4.40. The van der Waals surface area contributed by atoms with Crippen LogP contribution in [0.3, 0.4) is 0 Å². The van der Waals surface area contributed by atoms with Crippen LogP contribution in [0.25, 0.3) is 0 Å². The number of anilines is 3. The highest BCUT2D eigenvalue weighted by atomic mass is 16.5. The van der Waals surface area contributed by atoms with Crippen LogP contribution in [0.4, 0.5) is 17.5 Å². The SMILES string of the molecule is COCc1cc(N2CCCNCC2)nc(Nc2ccccc2)n1. The lowest BCUT2D eigenvalue weighted by molar-refractivity contribution is 0.181. The van der Waals surface area contributed by atoms with Crippen molar-refractivity contribution >= 4 is 17.5 Å². The minimum Gasteiger partial charge on any atom is -0.378 e. The fourth-order valence-electron chi connectivity index (χ4n) is 2.65. The monoisotopic (exact) mass is 313 g/mol. The highest BCUT2D eigenvalue weighted by Gasteiger charge is 2.14. The molecule has 0 unspecified atom stereocenters. The Labute approximate surface area is 136 Å². The van der Waals surface area contributed by atoms with E-state index in [0.29, 0.717) is 12.6 Å². The van der Waals surface area contributed by atoms with E-state index in [-0.39, 0.29) is 0 Å². The molecule has 0 spiro atoms. The van der Waals surface area contributed by atoms with Crippen molar-refractivity contribution in [2.24, 2.45) is 0 Å². The zero-order valence-electron chi connectivity index (χ0n) is 13.5. The Balaban J connectivity index is 1.86. The van der Waals surface area contributed by atoms with Gasteiger partial charge in [-0.25, -0.2) is 4.98 Å². The smallest absolute Gasteiger partial charge is 0.229 e. The summed E-state index contributed by atoms with van der Waals surface area (Å²) in [5.74, 6) is 1.56. The van der Waals surface area contributed by atoms with Gasteiger partial charge in [-0.15, -0.1) is 0 Å². The Hall–Kier alpha value is -2.18. The molecule has 6 nitrogen and oxygen atoms in total. The van der Waals surface area contributed by atoms with Gasteiger partial charge in [0.2, 0.25) is 5.95 Å². The zero-order chi connectivity index (χ0) is 15.9. The topological polar surface area (TPSA) is 62.3 Å². The number of methoxy groups -OCH3 is 1. The van der Waals surface area contributed by atoms with Crippen LogP contribution in [-0.2, 0) is 11.3 Å². The Morgan fingerprint density at radius 3 is 2.87 bits per heavy atom. The van der Waals surface area contributed by atoms with E-state index in [1.165, 1.54) is 0 Å². The van der Waals surface area contributed by atoms with E-state index in [0.717, 1.165) is 49.8 Å². The average molecular weight is 313 g/mol. The second-order valence-electron chi connectivity index (χ2n) is 5.56. The summed E-state index contributed by atoms with van der Waals surface area (Å²) < 4.78 is 5.25. The van der Waals surface area contributed by atoms with E-state index in [1.54, 1.807) is 7.11 Å². The third-order valence-electron chi connectivity index (χ3n) is 3.75. The molecule has 0 atom stereocenters. The van der Waals surface area contributed by atoms with Crippen molar-refractivity contribution in [2.75, 3.05) is 43.5 Å². The quantitative estimate of drug-likeness (QED) is 0.882.